The molecule has 2 heterocycles. The number of aromatic nitrogens is 1. The zero-order valence-corrected chi connectivity index (χ0v) is 27.1. The van der Waals surface area contributed by atoms with Crippen molar-refractivity contribution >= 4 is 54.8 Å². The molecule has 0 bridgehead atoms. The van der Waals surface area contributed by atoms with Gasteiger partial charge < -0.3 is 24.1 Å². The number of fused-ring (bicyclic) bond motifs is 4. The number of nitrogens with zero attached hydrogens (tertiary/aromatic N) is 2. The fourth-order valence-corrected chi connectivity index (χ4v) is 5.87. The summed E-state index contributed by atoms with van der Waals surface area (Å²) in [6, 6.07) is 9.68. The lowest BCUT2D eigenvalue weighted by molar-refractivity contribution is -0.141. The number of methoxy groups -OCH3 is 1. The molecule has 1 atom stereocenters. The Morgan fingerprint density at radius 3 is 2.70 bits per heavy atom. The SMILES string of the molecule is CCCC=CC(Oc1cc2c(c3c1=CCCC=3)CCN2C(=O)c1cc2cc(OCCN(C)CC(=O)OC)ccc2[nH]1)C(C)=P. The van der Waals surface area contributed by atoms with Crippen LogP contribution in [-0.2, 0) is 16.0 Å². The van der Waals surface area contributed by atoms with E-state index in [1.807, 2.05) is 48.0 Å². The molecular formula is C35H42N3O5P. The number of aromatic amines is 1. The van der Waals surface area contributed by atoms with Crippen molar-refractivity contribution in [3.05, 3.63) is 64.2 Å². The third-order valence-electron chi connectivity index (χ3n) is 8.08. The number of likely N-dealkylation sites (N-methyl/N-ethyl adjacent to an activating group) is 1. The van der Waals surface area contributed by atoms with E-state index in [1.54, 1.807) is 0 Å². The topological polar surface area (TPSA) is 84.1 Å². The number of benzene rings is 2. The molecule has 2 aliphatic rings. The van der Waals surface area contributed by atoms with E-state index in [-0.39, 0.29) is 24.5 Å². The minimum atomic E-state index is -0.282. The van der Waals surface area contributed by atoms with Crippen LogP contribution in [0.25, 0.3) is 23.1 Å². The molecule has 232 valence electrons. The molecule has 5 rings (SSSR count). The minimum Gasteiger partial charge on any atom is -0.492 e. The molecule has 0 saturated heterocycles. The minimum absolute atomic E-state index is 0.0696. The second kappa shape index (κ2) is 14.3. The van der Waals surface area contributed by atoms with Crippen LogP contribution in [0.4, 0.5) is 5.69 Å². The zero-order chi connectivity index (χ0) is 31.2. The average Bonchev–Trinajstić information content (AvgIpc) is 3.64. The Labute approximate surface area is 261 Å². The molecule has 1 amide bonds. The summed E-state index contributed by atoms with van der Waals surface area (Å²) < 4.78 is 17.2. The molecule has 44 heavy (non-hydrogen) atoms. The van der Waals surface area contributed by atoms with Gasteiger partial charge in [0.15, 0.2) is 0 Å². The Bertz CT molecular complexity index is 1710. The van der Waals surface area contributed by atoms with Crippen LogP contribution in [0.3, 0.4) is 0 Å². The number of hydrogen-bond acceptors (Lipinski definition) is 6. The number of anilines is 1. The molecule has 2 aromatic carbocycles. The van der Waals surface area contributed by atoms with Gasteiger partial charge in [0.1, 0.15) is 29.9 Å². The van der Waals surface area contributed by atoms with Gasteiger partial charge in [-0.05, 0) is 86.1 Å². The van der Waals surface area contributed by atoms with Crippen LogP contribution < -0.4 is 24.8 Å². The van der Waals surface area contributed by atoms with Gasteiger partial charge in [-0.1, -0.05) is 31.6 Å². The second-order valence-electron chi connectivity index (χ2n) is 11.4. The van der Waals surface area contributed by atoms with Gasteiger partial charge in [0, 0.05) is 35.3 Å². The Balaban J connectivity index is 1.37. The summed E-state index contributed by atoms with van der Waals surface area (Å²) in [5.74, 6) is 1.15. The summed E-state index contributed by atoms with van der Waals surface area (Å²) in [6.45, 7) is 5.99. The molecule has 3 aromatic rings. The summed E-state index contributed by atoms with van der Waals surface area (Å²) in [5, 5.41) is 4.21. The highest BCUT2D eigenvalue weighted by Crippen LogP contribution is 2.31. The fourth-order valence-electron chi connectivity index (χ4n) is 5.72. The van der Waals surface area contributed by atoms with Gasteiger partial charge in [0.25, 0.3) is 5.91 Å². The quantitative estimate of drug-likeness (QED) is 0.171. The Hall–Kier alpha value is -3.87. The van der Waals surface area contributed by atoms with Crippen LogP contribution in [0.15, 0.2) is 42.5 Å². The molecule has 0 spiro atoms. The number of carbonyl (C=O) groups excluding carboxylic acids is 2. The van der Waals surface area contributed by atoms with E-state index in [4.69, 9.17) is 14.2 Å². The van der Waals surface area contributed by atoms with Crippen LogP contribution in [0.1, 0.15) is 55.6 Å². The Morgan fingerprint density at radius 2 is 1.95 bits per heavy atom. The Morgan fingerprint density at radius 1 is 1.16 bits per heavy atom. The number of unbranched alkanes of at least 4 members (excludes halogenated alkanes) is 1. The predicted octanol–water partition coefficient (Wildman–Crippen LogP) is 4.65. The molecule has 1 aliphatic carbocycles. The van der Waals surface area contributed by atoms with Crippen molar-refractivity contribution in [3.8, 4) is 11.5 Å². The number of rotatable bonds is 13. The van der Waals surface area contributed by atoms with Crippen molar-refractivity contribution in [3.63, 3.8) is 0 Å². The third kappa shape index (κ3) is 7.09. The van der Waals surface area contributed by atoms with Gasteiger partial charge in [-0.3, -0.25) is 14.5 Å². The largest absolute Gasteiger partial charge is 0.492 e. The van der Waals surface area contributed by atoms with E-state index in [0.29, 0.717) is 31.1 Å². The molecule has 0 saturated carbocycles. The van der Waals surface area contributed by atoms with Gasteiger partial charge in [-0.2, -0.15) is 0 Å². The fraction of sp³-hybridized carbons (Fsp3) is 0.400. The number of ether oxygens (including phenoxy) is 3. The Kier molecular flexibility index (Phi) is 10.2. The van der Waals surface area contributed by atoms with E-state index in [9.17, 15) is 9.59 Å². The molecule has 9 heteroatoms. The van der Waals surface area contributed by atoms with Gasteiger partial charge >= 0.3 is 5.97 Å². The number of hydrogen-bond donors (Lipinski definition) is 1. The van der Waals surface area contributed by atoms with Crippen molar-refractivity contribution < 1.29 is 23.8 Å². The number of allylic oxidation sites excluding steroid dienone is 1. The summed E-state index contributed by atoms with van der Waals surface area (Å²) in [5.41, 5.74) is 3.52. The summed E-state index contributed by atoms with van der Waals surface area (Å²) >= 11 is 0. The molecule has 1 aromatic heterocycles. The van der Waals surface area contributed by atoms with E-state index in [1.165, 1.54) is 17.9 Å². The lowest BCUT2D eigenvalue weighted by atomic mass is 10.00. The van der Waals surface area contributed by atoms with Crippen molar-refractivity contribution in [1.82, 2.24) is 9.88 Å². The maximum absolute atomic E-state index is 13.9. The first-order chi connectivity index (χ1) is 21.3. The van der Waals surface area contributed by atoms with Crippen LogP contribution in [0, 0.1) is 0 Å². The number of H-pyrrole nitrogens is 1. The van der Waals surface area contributed by atoms with Crippen molar-refractivity contribution in [2.45, 2.75) is 52.1 Å². The van der Waals surface area contributed by atoms with Gasteiger partial charge in [-0.25, -0.2) is 0 Å². The highest BCUT2D eigenvalue weighted by molar-refractivity contribution is 7.21. The van der Waals surface area contributed by atoms with Crippen LogP contribution in [0.5, 0.6) is 11.5 Å². The van der Waals surface area contributed by atoms with Crippen LogP contribution in [0.2, 0.25) is 0 Å². The van der Waals surface area contributed by atoms with E-state index >= 15 is 0 Å². The number of nitrogens with one attached hydrogen (secondary N) is 1. The second-order valence-corrected chi connectivity index (χ2v) is 12.2. The molecule has 1 N–H and O–H groups in total. The summed E-state index contributed by atoms with van der Waals surface area (Å²) in [4.78, 5) is 32.4. The molecule has 8 nitrogen and oxygen atoms in total. The number of amides is 1. The van der Waals surface area contributed by atoms with E-state index in [2.05, 4.69) is 51.1 Å². The maximum Gasteiger partial charge on any atom is 0.319 e. The van der Waals surface area contributed by atoms with Crippen molar-refractivity contribution in [2.75, 3.05) is 45.3 Å². The lowest BCUT2D eigenvalue weighted by Gasteiger charge is -2.21. The van der Waals surface area contributed by atoms with Gasteiger partial charge in [-0.15, -0.1) is 8.86 Å². The smallest absolute Gasteiger partial charge is 0.319 e. The molecular weight excluding hydrogens is 573 g/mol. The van der Waals surface area contributed by atoms with Gasteiger partial charge in [0.05, 0.1) is 19.3 Å². The monoisotopic (exact) mass is 615 g/mol. The maximum atomic E-state index is 13.9. The average molecular weight is 616 g/mol. The number of carbonyl (C=O) groups is 2. The van der Waals surface area contributed by atoms with Gasteiger partial charge in [0.2, 0.25) is 0 Å². The molecule has 0 radical (unpaired) electrons. The molecule has 0 fully saturated rings. The lowest BCUT2D eigenvalue weighted by Crippen LogP contribution is -2.35. The predicted molar refractivity (Wildman–Crippen MR) is 180 cm³/mol. The van der Waals surface area contributed by atoms with E-state index in [0.717, 1.165) is 65.0 Å². The standard InChI is InChI=1S/C35H42N3O5P/c1-5-6-7-12-32(23(2)44)43-33-21-31-27(26-10-8-9-11-28(26)33)15-16-38(31)35(40)30-20-24-19-25(13-14-29(24)36-30)42-18-17-37(3)22-34(39)41-4/h7,10-14,19-21,32,36,44H,5-6,8-9,15-18,22H2,1-4H3. The third-order valence-corrected chi connectivity index (χ3v) is 8.37. The summed E-state index contributed by atoms with van der Waals surface area (Å²) in [6.07, 6.45) is 13.4. The first-order valence-corrected chi connectivity index (χ1v) is 15.9. The highest BCUT2D eigenvalue weighted by Gasteiger charge is 2.29. The highest BCUT2D eigenvalue weighted by atomic mass is 31.0. The molecule has 1 unspecified atom stereocenters. The van der Waals surface area contributed by atoms with Crippen LogP contribution >= 0.6 is 8.86 Å². The van der Waals surface area contributed by atoms with Crippen LogP contribution in [-0.4, -0.2) is 73.6 Å². The normalized spacial score (nSPS) is 14.6. The molecule has 1 aliphatic heterocycles. The first kappa shape index (κ1) is 31.6. The zero-order valence-electron chi connectivity index (χ0n) is 26.1. The van der Waals surface area contributed by atoms with Crippen molar-refractivity contribution in [1.29, 1.82) is 0 Å². The summed E-state index contributed by atoms with van der Waals surface area (Å²) in [7, 11) is 6.93. The number of esters is 1. The van der Waals surface area contributed by atoms with Crippen molar-refractivity contribution in [2.24, 2.45) is 0 Å². The van der Waals surface area contributed by atoms with E-state index < -0.39 is 0 Å². The first-order valence-electron chi connectivity index (χ1n) is 15.4.